The van der Waals surface area contributed by atoms with Crippen LogP contribution in [0.1, 0.15) is 42.3 Å². The first-order valence-corrected chi connectivity index (χ1v) is 8.36. The number of halogens is 1. The molecule has 21 heavy (non-hydrogen) atoms. The highest BCUT2D eigenvalue weighted by atomic mass is 79.9. The van der Waals surface area contributed by atoms with Gasteiger partial charge < -0.3 is 4.74 Å². The van der Waals surface area contributed by atoms with E-state index in [9.17, 15) is 0 Å². The van der Waals surface area contributed by atoms with Crippen LogP contribution in [-0.4, -0.2) is 6.10 Å². The van der Waals surface area contributed by atoms with Gasteiger partial charge in [-0.25, -0.2) is 0 Å². The summed E-state index contributed by atoms with van der Waals surface area (Å²) in [6.07, 6.45) is 1.13. The molecule has 0 bridgehead atoms. The first-order valence-electron chi connectivity index (χ1n) is 7.44. The Balaban J connectivity index is 1.76. The Kier molecular flexibility index (Phi) is 3.83. The number of hydrogen-bond acceptors (Lipinski definition) is 1. The normalized spacial score (nSPS) is 19.0. The fourth-order valence-corrected chi connectivity index (χ4v) is 3.35. The number of para-hydroxylation sites is 1. The third-order valence-corrected chi connectivity index (χ3v) is 5.21. The number of fused-ring (bicyclic) bond motifs is 1. The van der Waals surface area contributed by atoms with E-state index in [0.29, 0.717) is 0 Å². The van der Waals surface area contributed by atoms with Gasteiger partial charge in [0.2, 0.25) is 0 Å². The Bertz CT molecular complexity index is 600. The fraction of sp³-hybridized carbons (Fsp3) is 0.368. The van der Waals surface area contributed by atoms with E-state index >= 15 is 0 Å². The summed E-state index contributed by atoms with van der Waals surface area (Å²) in [5.74, 6) is 1.03. The minimum atomic E-state index is 0.169. The van der Waals surface area contributed by atoms with E-state index in [0.717, 1.165) is 12.2 Å². The van der Waals surface area contributed by atoms with Gasteiger partial charge in [-0.1, -0.05) is 79.2 Å². The summed E-state index contributed by atoms with van der Waals surface area (Å²) in [6, 6.07) is 17.2. The quantitative estimate of drug-likeness (QED) is 0.660. The van der Waals surface area contributed by atoms with Crippen LogP contribution in [0, 0.1) is 0 Å². The molecule has 0 radical (unpaired) electrons. The average molecular weight is 345 g/mol. The van der Waals surface area contributed by atoms with Crippen LogP contribution >= 0.6 is 15.9 Å². The van der Waals surface area contributed by atoms with Gasteiger partial charge in [-0.05, 0) is 28.2 Å². The standard InChI is InChI=1S/C19H21BrO/c1-19(2,3)15-10-8-13(9-11-15)18(20)17-12-14-6-4-5-7-16(14)21-17/h4-11,17-18H,12H2,1-3H3. The highest BCUT2D eigenvalue weighted by molar-refractivity contribution is 9.09. The van der Waals surface area contributed by atoms with Crippen LogP contribution in [-0.2, 0) is 11.8 Å². The molecule has 3 rings (SSSR count). The summed E-state index contributed by atoms with van der Waals surface area (Å²) in [5, 5.41) is 0. The van der Waals surface area contributed by atoms with Crippen molar-refractivity contribution in [1.29, 1.82) is 0 Å². The van der Waals surface area contributed by atoms with Crippen molar-refractivity contribution >= 4 is 15.9 Å². The lowest BCUT2D eigenvalue weighted by Gasteiger charge is -2.22. The maximum Gasteiger partial charge on any atom is 0.123 e. The molecular weight excluding hydrogens is 324 g/mol. The second-order valence-corrected chi connectivity index (χ2v) is 7.73. The molecule has 0 N–H and O–H groups in total. The van der Waals surface area contributed by atoms with Gasteiger partial charge >= 0.3 is 0 Å². The predicted molar refractivity (Wildman–Crippen MR) is 91.4 cm³/mol. The molecule has 0 spiro atoms. The van der Waals surface area contributed by atoms with Crippen LogP contribution in [0.4, 0.5) is 0 Å². The molecule has 0 saturated heterocycles. The third kappa shape index (κ3) is 3.01. The van der Waals surface area contributed by atoms with Gasteiger partial charge in [0.1, 0.15) is 11.9 Å². The van der Waals surface area contributed by atoms with Crippen molar-refractivity contribution in [3.05, 3.63) is 65.2 Å². The molecule has 0 aromatic heterocycles. The summed E-state index contributed by atoms with van der Waals surface area (Å²) in [4.78, 5) is 0.221. The van der Waals surface area contributed by atoms with Crippen LogP contribution in [0.15, 0.2) is 48.5 Å². The van der Waals surface area contributed by atoms with Crippen LogP contribution in [0.25, 0.3) is 0 Å². The van der Waals surface area contributed by atoms with Crippen molar-refractivity contribution in [2.75, 3.05) is 0 Å². The van der Waals surface area contributed by atoms with Crippen LogP contribution in [0.3, 0.4) is 0 Å². The zero-order valence-corrected chi connectivity index (χ0v) is 14.4. The zero-order chi connectivity index (χ0) is 15.0. The van der Waals surface area contributed by atoms with E-state index in [1.165, 1.54) is 16.7 Å². The fourth-order valence-electron chi connectivity index (χ4n) is 2.75. The highest BCUT2D eigenvalue weighted by Gasteiger charge is 2.29. The van der Waals surface area contributed by atoms with Crippen molar-refractivity contribution in [3.8, 4) is 5.75 Å². The molecule has 1 aliphatic heterocycles. The topological polar surface area (TPSA) is 9.23 Å². The maximum atomic E-state index is 6.07. The van der Waals surface area contributed by atoms with Crippen molar-refractivity contribution in [1.82, 2.24) is 0 Å². The van der Waals surface area contributed by atoms with Crippen molar-refractivity contribution in [3.63, 3.8) is 0 Å². The molecule has 0 fully saturated rings. The first-order chi connectivity index (χ1) is 9.95. The number of benzene rings is 2. The monoisotopic (exact) mass is 344 g/mol. The summed E-state index contributed by atoms with van der Waals surface area (Å²) in [7, 11) is 0. The van der Waals surface area contributed by atoms with Gasteiger partial charge in [0, 0.05) is 6.42 Å². The lowest BCUT2D eigenvalue weighted by Crippen LogP contribution is -2.19. The zero-order valence-electron chi connectivity index (χ0n) is 12.8. The Hall–Kier alpha value is -1.28. The maximum absolute atomic E-state index is 6.07. The number of alkyl halides is 1. The summed E-state index contributed by atoms with van der Waals surface area (Å²) < 4.78 is 6.07. The van der Waals surface area contributed by atoms with Crippen LogP contribution < -0.4 is 4.74 Å². The van der Waals surface area contributed by atoms with Crippen molar-refractivity contribution in [2.24, 2.45) is 0 Å². The van der Waals surface area contributed by atoms with Crippen LogP contribution in [0.2, 0.25) is 0 Å². The van der Waals surface area contributed by atoms with Crippen LogP contribution in [0.5, 0.6) is 5.75 Å². The molecule has 2 aromatic rings. The minimum Gasteiger partial charge on any atom is -0.488 e. The van der Waals surface area contributed by atoms with E-state index in [1.54, 1.807) is 0 Å². The summed E-state index contributed by atoms with van der Waals surface area (Å²) in [5.41, 5.74) is 4.14. The molecule has 2 aromatic carbocycles. The number of hydrogen-bond donors (Lipinski definition) is 0. The van der Waals surface area contributed by atoms with E-state index in [4.69, 9.17) is 4.74 Å². The molecule has 1 aliphatic rings. The van der Waals surface area contributed by atoms with Gasteiger partial charge in [0.25, 0.3) is 0 Å². The van der Waals surface area contributed by atoms with Crippen molar-refractivity contribution < 1.29 is 4.74 Å². The molecule has 1 nitrogen and oxygen atoms in total. The molecule has 2 heteroatoms. The van der Waals surface area contributed by atoms with Gasteiger partial charge in [0.15, 0.2) is 0 Å². The molecule has 2 unspecified atom stereocenters. The van der Waals surface area contributed by atoms with E-state index in [-0.39, 0.29) is 16.3 Å². The Morgan fingerprint density at radius 2 is 1.71 bits per heavy atom. The molecule has 0 aliphatic carbocycles. The van der Waals surface area contributed by atoms with Gasteiger partial charge in [0.05, 0.1) is 4.83 Å². The largest absolute Gasteiger partial charge is 0.488 e. The highest BCUT2D eigenvalue weighted by Crippen LogP contribution is 2.38. The Morgan fingerprint density at radius 3 is 2.33 bits per heavy atom. The minimum absolute atomic E-state index is 0.169. The van der Waals surface area contributed by atoms with E-state index < -0.39 is 0 Å². The second-order valence-electron chi connectivity index (χ2n) is 6.74. The molecule has 2 atom stereocenters. The van der Waals surface area contributed by atoms with Gasteiger partial charge in [-0.15, -0.1) is 0 Å². The van der Waals surface area contributed by atoms with E-state index in [2.05, 4.69) is 79.2 Å². The molecule has 0 saturated carbocycles. The third-order valence-electron chi connectivity index (χ3n) is 4.09. The molecular formula is C19H21BrO. The predicted octanol–water partition coefficient (Wildman–Crippen LogP) is 5.42. The first kappa shape index (κ1) is 14.6. The lowest BCUT2D eigenvalue weighted by atomic mass is 9.86. The lowest BCUT2D eigenvalue weighted by molar-refractivity contribution is 0.232. The summed E-state index contributed by atoms with van der Waals surface area (Å²) in [6.45, 7) is 6.72. The molecule has 110 valence electrons. The molecule has 1 heterocycles. The van der Waals surface area contributed by atoms with Crippen molar-refractivity contribution in [2.45, 2.75) is 43.5 Å². The summed E-state index contributed by atoms with van der Waals surface area (Å²) >= 11 is 3.82. The molecule has 0 amide bonds. The number of rotatable bonds is 2. The number of ether oxygens (including phenoxy) is 1. The van der Waals surface area contributed by atoms with Gasteiger partial charge in [-0.3, -0.25) is 0 Å². The van der Waals surface area contributed by atoms with Gasteiger partial charge in [-0.2, -0.15) is 0 Å². The van der Waals surface area contributed by atoms with E-state index in [1.807, 2.05) is 6.07 Å². The smallest absolute Gasteiger partial charge is 0.123 e. The second kappa shape index (κ2) is 5.49. The Labute approximate surface area is 135 Å². The Morgan fingerprint density at radius 1 is 1.05 bits per heavy atom. The SMILES string of the molecule is CC(C)(C)c1ccc(C(Br)C2Cc3ccccc3O2)cc1. The average Bonchev–Trinajstić information content (AvgIpc) is 2.89.